The first kappa shape index (κ1) is 18.1. The molecular formula is C20H24FN3O3. The van der Waals surface area contributed by atoms with Crippen molar-refractivity contribution in [3.8, 4) is 0 Å². The van der Waals surface area contributed by atoms with E-state index in [4.69, 9.17) is 9.47 Å². The van der Waals surface area contributed by atoms with Gasteiger partial charge >= 0.3 is 5.97 Å². The Balaban J connectivity index is 1.80. The van der Waals surface area contributed by atoms with Crippen molar-refractivity contribution in [1.29, 1.82) is 0 Å². The van der Waals surface area contributed by atoms with E-state index in [2.05, 4.69) is 16.4 Å². The highest BCUT2D eigenvalue weighted by molar-refractivity contribution is 5.94. The number of imidazole rings is 1. The molecule has 6 nitrogen and oxygen atoms in total. The lowest BCUT2D eigenvalue weighted by atomic mass is 10.1. The Bertz CT molecular complexity index is 878. The highest BCUT2D eigenvalue weighted by Gasteiger charge is 2.25. The summed E-state index contributed by atoms with van der Waals surface area (Å²) in [4.78, 5) is 16.7. The number of piperidine rings is 1. The van der Waals surface area contributed by atoms with Gasteiger partial charge in [-0.3, -0.25) is 0 Å². The normalized spacial score (nSPS) is 19.8. The molecule has 0 bridgehead atoms. The van der Waals surface area contributed by atoms with Crippen molar-refractivity contribution in [2.75, 3.05) is 26.3 Å². The van der Waals surface area contributed by atoms with Gasteiger partial charge in [0.05, 0.1) is 30.3 Å². The molecule has 0 radical (unpaired) electrons. The molecule has 2 aliphatic rings. The van der Waals surface area contributed by atoms with Crippen molar-refractivity contribution >= 4 is 23.1 Å². The highest BCUT2D eigenvalue weighted by Crippen LogP contribution is 2.27. The van der Waals surface area contributed by atoms with Crippen LogP contribution in [0.2, 0.25) is 0 Å². The first-order valence-electron chi connectivity index (χ1n) is 9.55. The second-order valence-corrected chi connectivity index (χ2v) is 6.93. The molecule has 0 saturated carbocycles. The van der Waals surface area contributed by atoms with E-state index in [9.17, 15) is 4.79 Å². The average molecular weight is 373 g/mol. The van der Waals surface area contributed by atoms with Gasteiger partial charge in [0.2, 0.25) is 0 Å². The lowest BCUT2D eigenvalue weighted by Gasteiger charge is -2.27. The molecule has 0 aliphatic carbocycles. The van der Waals surface area contributed by atoms with Gasteiger partial charge in [-0.15, -0.1) is 0 Å². The fourth-order valence-electron chi connectivity index (χ4n) is 3.57. The maximum absolute atomic E-state index is 15.2. The van der Waals surface area contributed by atoms with Gasteiger partial charge in [-0.1, -0.05) is 5.57 Å². The monoisotopic (exact) mass is 373 g/mol. The minimum Gasteiger partial charge on any atom is -0.462 e. The predicted octanol–water partition coefficient (Wildman–Crippen LogP) is 2.91. The Morgan fingerprint density at radius 3 is 2.89 bits per heavy atom. The van der Waals surface area contributed by atoms with E-state index in [1.54, 1.807) is 13.0 Å². The van der Waals surface area contributed by atoms with Crippen LogP contribution in [0.1, 0.15) is 42.4 Å². The van der Waals surface area contributed by atoms with Crippen molar-refractivity contribution in [1.82, 2.24) is 14.9 Å². The maximum Gasteiger partial charge on any atom is 0.341 e. The van der Waals surface area contributed by atoms with Crippen LogP contribution < -0.4 is 5.32 Å². The minimum absolute atomic E-state index is 0.0539. The summed E-state index contributed by atoms with van der Waals surface area (Å²) in [5.41, 5.74) is 2.13. The molecule has 2 fully saturated rings. The van der Waals surface area contributed by atoms with Gasteiger partial charge in [-0.2, -0.15) is 0 Å². The molecule has 2 aliphatic heterocycles. The molecule has 1 aromatic heterocycles. The summed E-state index contributed by atoms with van der Waals surface area (Å²) in [7, 11) is 0. The molecule has 2 aromatic rings. The molecule has 1 aromatic carbocycles. The number of rotatable bonds is 5. The highest BCUT2D eigenvalue weighted by atomic mass is 19.1. The first-order chi connectivity index (χ1) is 13.2. The zero-order chi connectivity index (χ0) is 18.8. The van der Waals surface area contributed by atoms with Gasteiger partial charge in [0, 0.05) is 6.61 Å². The van der Waals surface area contributed by atoms with Crippen molar-refractivity contribution in [2.24, 2.45) is 0 Å². The van der Waals surface area contributed by atoms with Crippen LogP contribution in [0, 0.1) is 5.82 Å². The zero-order valence-electron chi connectivity index (χ0n) is 15.5. The quantitative estimate of drug-likeness (QED) is 0.817. The number of nitrogens with zero attached hydrogens (tertiary/aromatic N) is 2. The fraction of sp³-hybridized carbons (Fsp3) is 0.500. The number of carbonyl (C=O) groups excluding carboxylic acids is 1. The van der Waals surface area contributed by atoms with Gasteiger partial charge in [0.25, 0.3) is 0 Å². The van der Waals surface area contributed by atoms with E-state index in [0.717, 1.165) is 44.8 Å². The number of aromatic nitrogens is 2. The number of ether oxygens (including phenoxy) is 2. The first-order valence-corrected chi connectivity index (χ1v) is 9.55. The summed E-state index contributed by atoms with van der Waals surface area (Å²) in [5.74, 6) is -0.507. The molecule has 0 amide bonds. The van der Waals surface area contributed by atoms with Gasteiger partial charge < -0.3 is 19.4 Å². The maximum atomic E-state index is 15.2. The van der Waals surface area contributed by atoms with Crippen molar-refractivity contribution in [2.45, 2.75) is 38.8 Å². The van der Waals surface area contributed by atoms with E-state index in [1.165, 1.54) is 11.6 Å². The summed E-state index contributed by atoms with van der Waals surface area (Å²) in [6, 6.07) is 3.14. The Morgan fingerprint density at radius 2 is 2.22 bits per heavy atom. The molecule has 27 heavy (non-hydrogen) atoms. The topological polar surface area (TPSA) is 65.4 Å². The van der Waals surface area contributed by atoms with Crippen LogP contribution in [0.4, 0.5) is 4.39 Å². The molecule has 0 spiro atoms. The number of benzene rings is 1. The third-order valence-corrected chi connectivity index (χ3v) is 5.13. The molecular weight excluding hydrogens is 349 g/mol. The number of halogens is 1. The zero-order valence-corrected chi connectivity index (χ0v) is 15.5. The Kier molecular flexibility index (Phi) is 5.22. The molecule has 144 valence electrons. The molecule has 7 heteroatoms. The molecule has 1 unspecified atom stereocenters. The van der Waals surface area contributed by atoms with E-state index in [1.807, 2.05) is 4.57 Å². The largest absolute Gasteiger partial charge is 0.462 e. The lowest BCUT2D eigenvalue weighted by molar-refractivity contribution is -0.0588. The number of carbonyl (C=O) groups is 1. The van der Waals surface area contributed by atoms with Gasteiger partial charge in [0.15, 0.2) is 5.82 Å². The Morgan fingerprint density at radius 1 is 1.44 bits per heavy atom. The number of fused-ring (bicyclic) bond motifs is 1. The van der Waals surface area contributed by atoms with Crippen molar-refractivity contribution in [3.05, 3.63) is 34.9 Å². The van der Waals surface area contributed by atoms with Crippen LogP contribution in [0.3, 0.4) is 0 Å². The number of nitrogens with one attached hydrogen (secondary N) is 1. The third-order valence-electron chi connectivity index (χ3n) is 5.13. The standard InChI is InChI=1S/C20H24FN3O3/c1-2-26-20(25)15-3-4-16-19(18(15)21)24(12-14-7-10-27-14)17(23-16)11-13-5-8-22-9-6-13/h3-4,11,14,22H,2,5-10,12H2,1H3. The SMILES string of the molecule is CCOC(=O)c1ccc2nc(C=C3CCNCC3)n(CC3CCO3)c2c1F. The summed E-state index contributed by atoms with van der Waals surface area (Å²) < 4.78 is 27.6. The van der Waals surface area contributed by atoms with Crippen molar-refractivity contribution in [3.63, 3.8) is 0 Å². The second-order valence-electron chi connectivity index (χ2n) is 6.93. The van der Waals surface area contributed by atoms with Crippen LogP contribution in [-0.2, 0) is 16.0 Å². The van der Waals surface area contributed by atoms with E-state index < -0.39 is 11.8 Å². The summed E-state index contributed by atoms with van der Waals surface area (Å²) in [6.07, 6.45) is 4.97. The van der Waals surface area contributed by atoms with Crippen LogP contribution in [0.15, 0.2) is 17.7 Å². The minimum atomic E-state index is -0.650. The van der Waals surface area contributed by atoms with Gasteiger partial charge in [0.1, 0.15) is 11.3 Å². The number of esters is 1. The van der Waals surface area contributed by atoms with Crippen LogP contribution >= 0.6 is 0 Å². The van der Waals surface area contributed by atoms with Crippen LogP contribution in [0.5, 0.6) is 0 Å². The molecule has 1 N–H and O–H groups in total. The summed E-state index contributed by atoms with van der Waals surface area (Å²) in [6.45, 7) is 5.05. The average Bonchev–Trinajstić information content (AvgIpc) is 2.97. The molecule has 3 heterocycles. The summed E-state index contributed by atoms with van der Waals surface area (Å²) in [5, 5.41) is 3.33. The van der Waals surface area contributed by atoms with Gasteiger partial charge in [-0.25, -0.2) is 14.2 Å². The molecule has 2 saturated heterocycles. The van der Waals surface area contributed by atoms with E-state index in [0.29, 0.717) is 17.6 Å². The van der Waals surface area contributed by atoms with Gasteiger partial charge in [-0.05, 0) is 57.5 Å². The van der Waals surface area contributed by atoms with Crippen molar-refractivity contribution < 1.29 is 18.7 Å². The fourth-order valence-corrected chi connectivity index (χ4v) is 3.57. The van der Waals surface area contributed by atoms with E-state index in [-0.39, 0.29) is 18.3 Å². The Hall–Kier alpha value is -2.25. The number of hydrogen-bond donors (Lipinski definition) is 1. The lowest BCUT2D eigenvalue weighted by Crippen LogP contribution is -2.31. The van der Waals surface area contributed by atoms with E-state index >= 15 is 4.39 Å². The smallest absolute Gasteiger partial charge is 0.341 e. The molecule has 4 rings (SSSR count). The number of hydrogen-bond acceptors (Lipinski definition) is 5. The predicted molar refractivity (Wildman–Crippen MR) is 100 cm³/mol. The summed E-state index contributed by atoms with van der Waals surface area (Å²) >= 11 is 0. The van der Waals surface area contributed by atoms with Crippen LogP contribution in [0.25, 0.3) is 17.1 Å². The molecule has 1 atom stereocenters. The van der Waals surface area contributed by atoms with Crippen LogP contribution in [-0.4, -0.2) is 47.9 Å². The third kappa shape index (κ3) is 3.61. The second kappa shape index (κ2) is 7.78. The Labute approximate surface area is 157 Å².